The van der Waals surface area contributed by atoms with Crippen molar-refractivity contribution in [2.45, 2.75) is 50.5 Å². The molecule has 1 saturated carbocycles. The smallest absolute Gasteiger partial charge is 0.254 e. The Bertz CT molecular complexity index is 1180. The van der Waals surface area contributed by atoms with E-state index in [1.54, 1.807) is 50.0 Å². The average molecular weight is 491 g/mol. The molecular formula is C26H30N6O4. The van der Waals surface area contributed by atoms with Crippen LogP contribution in [0.5, 0.6) is 5.75 Å². The number of ether oxygens (including phenoxy) is 1. The molecule has 0 spiro atoms. The van der Waals surface area contributed by atoms with Gasteiger partial charge in [-0.15, -0.1) is 0 Å². The van der Waals surface area contributed by atoms with Crippen LogP contribution >= 0.6 is 0 Å². The van der Waals surface area contributed by atoms with Gasteiger partial charge in [0.15, 0.2) is 0 Å². The first-order valence-corrected chi connectivity index (χ1v) is 12.5. The van der Waals surface area contributed by atoms with Gasteiger partial charge in [-0.2, -0.15) is 4.98 Å². The molecule has 1 aliphatic heterocycles. The second-order valence-corrected chi connectivity index (χ2v) is 9.32. The fourth-order valence-electron chi connectivity index (χ4n) is 5.18. The Morgan fingerprint density at radius 2 is 1.94 bits per heavy atom. The van der Waals surface area contributed by atoms with Crippen LogP contribution in [0.3, 0.4) is 0 Å². The molecule has 3 heterocycles. The Morgan fingerprint density at radius 3 is 2.72 bits per heavy atom. The monoisotopic (exact) mass is 490 g/mol. The first-order valence-electron chi connectivity index (χ1n) is 12.5. The number of amides is 2. The predicted molar refractivity (Wildman–Crippen MR) is 130 cm³/mol. The van der Waals surface area contributed by atoms with Gasteiger partial charge in [0.25, 0.3) is 5.91 Å². The molecule has 2 aliphatic rings. The molecule has 1 N–H and O–H groups in total. The Balaban J connectivity index is 1.43. The normalized spacial score (nSPS) is 22.9. The first-order chi connectivity index (χ1) is 17.6. The van der Waals surface area contributed by atoms with E-state index in [4.69, 9.17) is 9.26 Å². The molecule has 5 rings (SSSR count). The summed E-state index contributed by atoms with van der Waals surface area (Å²) < 4.78 is 10.9. The van der Waals surface area contributed by atoms with E-state index >= 15 is 0 Å². The predicted octanol–water partition coefficient (Wildman–Crippen LogP) is 3.23. The van der Waals surface area contributed by atoms with E-state index in [1.165, 1.54) is 0 Å². The van der Waals surface area contributed by atoms with Gasteiger partial charge in [-0.25, -0.2) is 4.98 Å². The third-order valence-electron chi connectivity index (χ3n) is 7.07. The quantitative estimate of drug-likeness (QED) is 0.591. The van der Waals surface area contributed by atoms with Crippen LogP contribution < -0.4 is 10.1 Å². The zero-order valence-electron chi connectivity index (χ0n) is 20.3. The molecule has 3 aromatic rings. The van der Waals surface area contributed by atoms with E-state index in [0.29, 0.717) is 54.7 Å². The first kappa shape index (κ1) is 23.9. The third-order valence-corrected chi connectivity index (χ3v) is 7.07. The molecule has 2 aromatic heterocycles. The summed E-state index contributed by atoms with van der Waals surface area (Å²) in [4.78, 5) is 41.7. The maximum absolute atomic E-state index is 13.7. The molecule has 36 heavy (non-hydrogen) atoms. The minimum absolute atomic E-state index is 0.0226. The number of nitrogens with zero attached hydrogens (tertiary/aromatic N) is 5. The lowest BCUT2D eigenvalue weighted by Crippen LogP contribution is -2.47. The minimum Gasteiger partial charge on any atom is -0.497 e. The lowest BCUT2D eigenvalue weighted by atomic mass is 9.99. The Labute approximate surface area is 209 Å². The fraction of sp³-hybridized carbons (Fsp3) is 0.462. The second kappa shape index (κ2) is 10.8. The van der Waals surface area contributed by atoms with Crippen molar-refractivity contribution >= 4 is 11.8 Å². The number of nitrogens with one attached hydrogen (secondary N) is 1. The molecule has 0 bridgehead atoms. The second-order valence-electron chi connectivity index (χ2n) is 9.32. The zero-order valence-corrected chi connectivity index (χ0v) is 20.3. The molecule has 1 saturated heterocycles. The van der Waals surface area contributed by atoms with Gasteiger partial charge in [0, 0.05) is 43.0 Å². The van der Waals surface area contributed by atoms with E-state index in [2.05, 4.69) is 25.4 Å². The average Bonchev–Trinajstić information content (AvgIpc) is 3.58. The van der Waals surface area contributed by atoms with Crippen molar-refractivity contribution < 1.29 is 18.8 Å². The van der Waals surface area contributed by atoms with Crippen LogP contribution in [-0.4, -0.2) is 63.1 Å². The lowest BCUT2D eigenvalue weighted by molar-refractivity contribution is -0.126. The number of benzene rings is 1. The molecule has 188 valence electrons. The summed E-state index contributed by atoms with van der Waals surface area (Å²) in [6.45, 7) is 1.25. The summed E-state index contributed by atoms with van der Waals surface area (Å²) in [5.74, 6) is 0.914. The molecule has 2 fully saturated rings. The van der Waals surface area contributed by atoms with E-state index < -0.39 is 0 Å². The van der Waals surface area contributed by atoms with Gasteiger partial charge in [-0.05, 0) is 49.9 Å². The molecule has 0 radical (unpaired) electrons. The molecule has 1 aliphatic carbocycles. The highest BCUT2D eigenvalue weighted by atomic mass is 16.5. The molecule has 2 amide bonds. The number of carbonyl (C=O) groups is 2. The van der Waals surface area contributed by atoms with Gasteiger partial charge >= 0.3 is 0 Å². The van der Waals surface area contributed by atoms with Crippen LogP contribution in [0.25, 0.3) is 11.5 Å². The van der Waals surface area contributed by atoms with Gasteiger partial charge in [-0.3, -0.25) is 14.6 Å². The number of hydrogen-bond donors (Lipinski definition) is 1. The van der Waals surface area contributed by atoms with Crippen LogP contribution in [0.2, 0.25) is 0 Å². The van der Waals surface area contributed by atoms with Crippen LogP contribution in [0.4, 0.5) is 0 Å². The maximum atomic E-state index is 13.7. The summed E-state index contributed by atoms with van der Waals surface area (Å²) in [5, 5.41) is 7.17. The highest BCUT2D eigenvalue weighted by molar-refractivity contribution is 5.95. The number of carbonyl (C=O) groups excluding carboxylic acids is 2. The highest BCUT2D eigenvalue weighted by Crippen LogP contribution is 2.41. The number of rotatable bonds is 4. The molecule has 0 unspecified atom stereocenters. The molecule has 10 heteroatoms. The summed E-state index contributed by atoms with van der Waals surface area (Å²) in [6, 6.07) is 6.86. The lowest BCUT2D eigenvalue weighted by Gasteiger charge is -2.32. The van der Waals surface area contributed by atoms with E-state index in [1.807, 2.05) is 4.90 Å². The van der Waals surface area contributed by atoms with Crippen LogP contribution in [0.1, 0.15) is 60.7 Å². The Morgan fingerprint density at radius 1 is 1.11 bits per heavy atom. The number of fused-ring (bicyclic) bond motifs is 1. The third kappa shape index (κ3) is 5.07. The molecule has 3 atom stereocenters. The van der Waals surface area contributed by atoms with Gasteiger partial charge in [0.2, 0.25) is 17.6 Å². The zero-order chi connectivity index (χ0) is 24.9. The summed E-state index contributed by atoms with van der Waals surface area (Å²) in [5.41, 5.74) is 1.10. The SMILES string of the molecule is COc1ccc(C(=O)N2CCCCCCNC(=O)[C@@H]3C[C@@H](c4nc(-c5cnccn5)no4)C[C@@H]32)cc1. The van der Waals surface area contributed by atoms with Crippen molar-refractivity contribution in [2.24, 2.45) is 5.92 Å². The topological polar surface area (TPSA) is 123 Å². The van der Waals surface area contributed by atoms with Crippen molar-refractivity contribution in [3.8, 4) is 17.3 Å². The van der Waals surface area contributed by atoms with Crippen molar-refractivity contribution in [1.82, 2.24) is 30.3 Å². The summed E-state index contributed by atoms with van der Waals surface area (Å²) in [6.07, 6.45) is 9.70. The number of hydrogen-bond acceptors (Lipinski definition) is 8. The van der Waals surface area contributed by atoms with Crippen molar-refractivity contribution in [3.63, 3.8) is 0 Å². The van der Waals surface area contributed by atoms with Crippen molar-refractivity contribution in [3.05, 3.63) is 54.3 Å². The largest absolute Gasteiger partial charge is 0.497 e. The minimum atomic E-state index is -0.359. The van der Waals surface area contributed by atoms with Crippen molar-refractivity contribution in [2.75, 3.05) is 20.2 Å². The molecular weight excluding hydrogens is 460 g/mol. The Hall–Kier alpha value is -3.82. The fourth-order valence-corrected chi connectivity index (χ4v) is 5.18. The number of aromatic nitrogens is 4. The Kier molecular flexibility index (Phi) is 7.20. The van der Waals surface area contributed by atoms with Gasteiger partial charge < -0.3 is 19.5 Å². The standard InChI is InChI=1S/C26H30N6O4/c1-35-19-8-6-17(7-9-19)26(34)32-13-5-3-2-4-10-29-24(33)20-14-18(15-22(20)32)25-30-23(31-36-25)21-16-27-11-12-28-21/h6-9,11-12,16,18,20,22H,2-5,10,13-15H2,1H3,(H,29,33)/t18-,20-,22+/m1/s1. The van der Waals surface area contributed by atoms with E-state index in [-0.39, 0.29) is 29.7 Å². The highest BCUT2D eigenvalue weighted by Gasteiger charge is 2.45. The number of methoxy groups -OCH3 is 1. The van der Waals surface area contributed by atoms with Crippen LogP contribution in [0, 0.1) is 5.92 Å². The van der Waals surface area contributed by atoms with Gasteiger partial charge in [0.1, 0.15) is 11.4 Å². The van der Waals surface area contributed by atoms with Crippen LogP contribution in [0.15, 0.2) is 47.4 Å². The summed E-state index contributed by atoms with van der Waals surface area (Å²) >= 11 is 0. The van der Waals surface area contributed by atoms with Crippen LogP contribution in [-0.2, 0) is 4.79 Å². The van der Waals surface area contributed by atoms with Crippen molar-refractivity contribution in [1.29, 1.82) is 0 Å². The maximum Gasteiger partial charge on any atom is 0.254 e. The molecule has 1 aromatic carbocycles. The van der Waals surface area contributed by atoms with E-state index in [9.17, 15) is 9.59 Å². The van der Waals surface area contributed by atoms with Gasteiger partial charge in [-0.1, -0.05) is 18.0 Å². The van der Waals surface area contributed by atoms with E-state index in [0.717, 1.165) is 25.7 Å². The molecule has 10 nitrogen and oxygen atoms in total. The summed E-state index contributed by atoms with van der Waals surface area (Å²) in [7, 11) is 1.60. The van der Waals surface area contributed by atoms with Gasteiger partial charge in [0.05, 0.1) is 19.2 Å².